The van der Waals surface area contributed by atoms with E-state index in [1.165, 1.54) is 26.2 Å². The van der Waals surface area contributed by atoms with Gasteiger partial charge in [-0.1, -0.05) is 0 Å². The number of benzene rings is 1. The number of likely N-dealkylation sites (tertiary alicyclic amines) is 1. The van der Waals surface area contributed by atoms with Gasteiger partial charge in [-0.2, -0.15) is 0 Å². The molecule has 1 atom stereocenters. The molecule has 168 valence electrons. The molecular weight excluding hydrogens is 420 g/mol. The van der Waals surface area contributed by atoms with Gasteiger partial charge in [0.05, 0.1) is 29.4 Å². The van der Waals surface area contributed by atoms with Crippen molar-refractivity contribution in [3.8, 4) is 0 Å². The first-order valence-corrected chi connectivity index (χ1v) is 11.4. The van der Waals surface area contributed by atoms with Crippen molar-refractivity contribution in [1.82, 2.24) is 19.2 Å². The number of rotatable bonds is 7. The van der Waals surface area contributed by atoms with Crippen LogP contribution in [0.15, 0.2) is 29.4 Å². The maximum absolute atomic E-state index is 13.2. The number of hydrogen-bond acceptors (Lipinski definition) is 6. The molecule has 1 aliphatic rings. The molecule has 2 amide bonds. The fraction of sp³-hybridized carbons (Fsp3) is 0.450. The van der Waals surface area contributed by atoms with Crippen LogP contribution in [0.3, 0.4) is 0 Å². The van der Waals surface area contributed by atoms with Crippen LogP contribution in [0.5, 0.6) is 0 Å². The van der Waals surface area contributed by atoms with E-state index < -0.39 is 21.8 Å². The number of carbonyl (C=O) groups is 2. The Balaban J connectivity index is 1.93. The highest BCUT2D eigenvalue weighted by atomic mass is 32.2. The third-order valence-corrected chi connectivity index (χ3v) is 7.23. The molecule has 0 spiro atoms. The third kappa shape index (κ3) is 5.05. The molecule has 1 saturated heterocycles. The van der Waals surface area contributed by atoms with Crippen molar-refractivity contribution in [2.24, 2.45) is 11.7 Å². The summed E-state index contributed by atoms with van der Waals surface area (Å²) in [5.74, 6) is -1.16. The molecule has 1 aliphatic heterocycles. The summed E-state index contributed by atoms with van der Waals surface area (Å²) >= 11 is 0. The number of aryl methyl sites for hydroxylation is 1. The topological polar surface area (TPSA) is 141 Å². The van der Waals surface area contributed by atoms with E-state index in [-0.39, 0.29) is 22.9 Å². The number of nitrogens with zero attached hydrogens (tertiary/aromatic N) is 3. The summed E-state index contributed by atoms with van der Waals surface area (Å²) in [6.07, 6.45) is 2.89. The van der Waals surface area contributed by atoms with Gasteiger partial charge in [0.25, 0.3) is 5.91 Å². The molecule has 2 aromatic rings. The second kappa shape index (κ2) is 9.06. The normalized spacial score (nSPS) is 17.0. The lowest BCUT2D eigenvalue weighted by molar-refractivity contribution is -0.123. The Bertz CT molecular complexity index is 1080. The summed E-state index contributed by atoms with van der Waals surface area (Å²) < 4.78 is 26.6. The van der Waals surface area contributed by atoms with Crippen LogP contribution in [0.25, 0.3) is 0 Å². The SMILES string of the molecule is Cc1[nH]cnc1CNc1cc(C(=O)N2CCC[C@H](C(N)=O)C2)cc(S(=O)(=O)N(C)C)c1. The minimum absolute atomic E-state index is 0.00746. The van der Waals surface area contributed by atoms with Gasteiger partial charge in [-0.15, -0.1) is 0 Å². The maximum Gasteiger partial charge on any atom is 0.253 e. The number of primary amides is 1. The third-order valence-electron chi connectivity index (χ3n) is 5.44. The number of aromatic amines is 1. The zero-order valence-electron chi connectivity index (χ0n) is 17.9. The van der Waals surface area contributed by atoms with Crippen molar-refractivity contribution >= 4 is 27.5 Å². The van der Waals surface area contributed by atoms with Gasteiger partial charge in [0.15, 0.2) is 0 Å². The second-order valence-corrected chi connectivity index (χ2v) is 10.0. The summed E-state index contributed by atoms with van der Waals surface area (Å²) in [4.78, 5) is 33.5. The lowest BCUT2D eigenvalue weighted by Gasteiger charge is -2.31. The molecule has 0 unspecified atom stereocenters. The number of H-pyrrole nitrogens is 1. The fourth-order valence-corrected chi connectivity index (χ4v) is 4.49. The van der Waals surface area contributed by atoms with Crippen LogP contribution in [0.2, 0.25) is 0 Å². The van der Waals surface area contributed by atoms with Crippen molar-refractivity contribution in [1.29, 1.82) is 0 Å². The fourth-order valence-electron chi connectivity index (χ4n) is 3.51. The monoisotopic (exact) mass is 448 g/mol. The Morgan fingerprint density at radius 1 is 1.32 bits per heavy atom. The van der Waals surface area contributed by atoms with Gasteiger partial charge in [-0.25, -0.2) is 17.7 Å². The van der Waals surface area contributed by atoms with Gasteiger partial charge in [-0.05, 0) is 38.0 Å². The number of nitrogens with one attached hydrogen (secondary N) is 2. The number of hydrogen-bond donors (Lipinski definition) is 3. The highest BCUT2D eigenvalue weighted by Gasteiger charge is 2.29. The van der Waals surface area contributed by atoms with Crippen molar-refractivity contribution in [2.45, 2.75) is 31.2 Å². The minimum Gasteiger partial charge on any atom is -0.379 e. The first-order valence-electron chi connectivity index (χ1n) is 9.98. The standard InChI is InChI=1S/C20H28N6O4S/c1-13-18(24-12-23-13)10-22-16-7-15(8-17(9-16)31(29,30)25(2)3)20(28)26-6-4-5-14(11-26)19(21)27/h7-9,12,14,22H,4-6,10-11H2,1-3H3,(H2,21,27)(H,23,24)/t14-/m0/s1. The Kier molecular flexibility index (Phi) is 6.65. The van der Waals surface area contributed by atoms with E-state index in [1.54, 1.807) is 17.3 Å². The number of aromatic nitrogens is 2. The molecular formula is C20H28N6O4S. The van der Waals surface area contributed by atoms with E-state index in [0.29, 0.717) is 31.6 Å². The van der Waals surface area contributed by atoms with Crippen molar-refractivity contribution in [3.05, 3.63) is 41.5 Å². The summed E-state index contributed by atoms with van der Waals surface area (Å²) in [7, 11) is -0.891. The molecule has 0 saturated carbocycles. The van der Waals surface area contributed by atoms with Crippen LogP contribution in [0.1, 0.15) is 34.6 Å². The Hall–Kier alpha value is -2.92. The van der Waals surface area contributed by atoms with Gasteiger partial charge >= 0.3 is 0 Å². The average Bonchev–Trinajstić information content (AvgIpc) is 3.16. The van der Waals surface area contributed by atoms with Crippen LogP contribution in [0.4, 0.5) is 5.69 Å². The summed E-state index contributed by atoms with van der Waals surface area (Å²) in [5.41, 5.74) is 7.82. The van der Waals surface area contributed by atoms with Gasteiger partial charge in [-0.3, -0.25) is 9.59 Å². The molecule has 31 heavy (non-hydrogen) atoms. The Morgan fingerprint density at radius 3 is 2.68 bits per heavy atom. The largest absolute Gasteiger partial charge is 0.379 e. The number of imidazole rings is 1. The number of anilines is 1. The minimum atomic E-state index is -3.76. The first kappa shape index (κ1) is 22.8. The van der Waals surface area contributed by atoms with E-state index >= 15 is 0 Å². The number of piperidine rings is 1. The maximum atomic E-state index is 13.2. The van der Waals surface area contributed by atoms with Crippen molar-refractivity contribution < 1.29 is 18.0 Å². The van der Waals surface area contributed by atoms with E-state index in [9.17, 15) is 18.0 Å². The first-order chi connectivity index (χ1) is 14.6. The molecule has 4 N–H and O–H groups in total. The number of carbonyl (C=O) groups excluding carboxylic acids is 2. The van der Waals surface area contributed by atoms with Gasteiger partial charge in [0.1, 0.15) is 0 Å². The van der Waals surface area contributed by atoms with Gasteiger partial charge in [0.2, 0.25) is 15.9 Å². The summed E-state index contributed by atoms with van der Waals surface area (Å²) in [6, 6.07) is 4.49. The molecule has 0 radical (unpaired) electrons. The number of amides is 2. The molecule has 0 bridgehead atoms. The molecule has 1 aromatic heterocycles. The smallest absolute Gasteiger partial charge is 0.253 e. The quantitative estimate of drug-likeness (QED) is 0.575. The second-order valence-electron chi connectivity index (χ2n) is 7.85. The lowest BCUT2D eigenvalue weighted by Crippen LogP contribution is -2.44. The zero-order chi connectivity index (χ0) is 22.8. The molecule has 2 heterocycles. The highest BCUT2D eigenvalue weighted by Crippen LogP contribution is 2.25. The van der Waals surface area contributed by atoms with Crippen LogP contribution in [0, 0.1) is 12.8 Å². The zero-order valence-corrected chi connectivity index (χ0v) is 18.7. The summed E-state index contributed by atoms with van der Waals surface area (Å²) in [6.45, 7) is 2.97. The number of sulfonamides is 1. The molecule has 11 heteroatoms. The molecule has 3 rings (SSSR count). The number of nitrogens with two attached hydrogens (primary N) is 1. The summed E-state index contributed by atoms with van der Waals surface area (Å²) in [5, 5.41) is 3.15. The average molecular weight is 449 g/mol. The Morgan fingerprint density at radius 2 is 2.06 bits per heavy atom. The molecule has 0 aliphatic carbocycles. The predicted molar refractivity (Wildman–Crippen MR) is 116 cm³/mol. The van der Waals surface area contributed by atoms with Crippen LogP contribution in [-0.2, 0) is 21.4 Å². The Labute approximate surface area is 181 Å². The van der Waals surface area contributed by atoms with Crippen molar-refractivity contribution in [2.75, 3.05) is 32.5 Å². The van der Waals surface area contributed by atoms with Gasteiger partial charge in [0, 0.05) is 44.1 Å². The van der Waals surface area contributed by atoms with E-state index in [4.69, 9.17) is 5.73 Å². The van der Waals surface area contributed by atoms with Gasteiger partial charge < -0.3 is 20.9 Å². The van der Waals surface area contributed by atoms with Crippen LogP contribution < -0.4 is 11.1 Å². The molecule has 10 nitrogen and oxygen atoms in total. The van der Waals surface area contributed by atoms with Crippen molar-refractivity contribution in [3.63, 3.8) is 0 Å². The van der Waals surface area contributed by atoms with E-state index in [0.717, 1.165) is 15.7 Å². The van der Waals surface area contributed by atoms with E-state index in [2.05, 4.69) is 15.3 Å². The molecule has 1 fully saturated rings. The highest BCUT2D eigenvalue weighted by molar-refractivity contribution is 7.89. The molecule has 1 aromatic carbocycles. The van der Waals surface area contributed by atoms with E-state index in [1.807, 2.05) is 6.92 Å². The predicted octanol–water partition coefficient (Wildman–Crippen LogP) is 0.918. The van der Waals surface area contributed by atoms with Crippen LogP contribution in [-0.4, -0.2) is 66.6 Å². The van der Waals surface area contributed by atoms with Crippen LogP contribution >= 0.6 is 0 Å². The lowest BCUT2D eigenvalue weighted by atomic mass is 9.97.